The highest BCUT2D eigenvalue weighted by Gasteiger charge is 2.34. The lowest BCUT2D eigenvalue weighted by atomic mass is 10.0. The van der Waals surface area contributed by atoms with Crippen LogP contribution >= 0.6 is 0 Å². The first-order valence-electron chi connectivity index (χ1n) is 9.33. The zero-order chi connectivity index (χ0) is 20.3. The Bertz CT molecular complexity index is 837. The molecule has 0 spiro atoms. The minimum absolute atomic E-state index is 0.00637. The number of carbonyl (C=O) groups excluding carboxylic acids is 2. The number of nitrogens with zero attached hydrogens (tertiary/aromatic N) is 3. The van der Waals surface area contributed by atoms with Crippen LogP contribution in [0.3, 0.4) is 0 Å². The van der Waals surface area contributed by atoms with Crippen LogP contribution in [0.2, 0.25) is 0 Å². The molecule has 1 saturated heterocycles. The third-order valence-corrected chi connectivity index (χ3v) is 5.01. The van der Waals surface area contributed by atoms with E-state index >= 15 is 0 Å². The summed E-state index contributed by atoms with van der Waals surface area (Å²) in [5, 5.41) is 9.37. The second-order valence-corrected chi connectivity index (χ2v) is 7.36. The van der Waals surface area contributed by atoms with Gasteiger partial charge < -0.3 is 14.9 Å². The monoisotopic (exact) mass is 385 g/mol. The van der Waals surface area contributed by atoms with Crippen molar-refractivity contribution in [1.82, 2.24) is 14.8 Å². The lowest BCUT2D eigenvalue weighted by Gasteiger charge is -2.34. The van der Waals surface area contributed by atoms with Gasteiger partial charge in [-0.3, -0.25) is 9.59 Å². The minimum atomic E-state index is -0.315. The van der Waals surface area contributed by atoms with Gasteiger partial charge >= 0.3 is 0 Å². The number of aromatic hydroxyl groups is 1. The first-order chi connectivity index (χ1) is 13.3. The van der Waals surface area contributed by atoms with Gasteiger partial charge in [-0.25, -0.2) is 9.37 Å². The molecule has 1 atom stereocenters. The molecule has 0 bridgehead atoms. The molecular formula is C21H24FN3O3. The van der Waals surface area contributed by atoms with Crippen molar-refractivity contribution in [3.05, 3.63) is 59.7 Å². The molecule has 1 aliphatic heterocycles. The SMILES string of the molecule is CC(C)[C@@H]1CN(C(=O)c2ccc(O)cn2)CCC(=O)N1Cc1ccc(F)cc1. The van der Waals surface area contributed by atoms with E-state index in [1.807, 2.05) is 13.8 Å². The molecule has 28 heavy (non-hydrogen) atoms. The summed E-state index contributed by atoms with van der Waals surface area (Å²) in [4.78, 5) is 33.1. The zero-order valence-corrected chi connectivity index (χ0v) is 16.0. The number of halogens is 1. The van der Waals surface area contributed by atoms with Gasteiger partial charge in [-0.05, 0) is 35.7 Å². The number of hydrogen-bond acceptors (Lipinski definition) is 4. The molecule has 0 saturated carbocycles. The van der Waals surface area contributed by atoms with Crippen molar-refractivity contribution in [2.45, 2.75) is 32.9 Å². The van der Waals surface area contributed by atoms with Crippen LogP contribution < -0.4 is 0 Å². The Hall–Kier alpha value is -2.96. The van der Waals surface area contributed by atoms with Gasteiger partial charge in [0.05, 0.1) is 12.2 Å². The van der Waals surface area contributed by atoms with Gasteiger partial charge in [0.25, 0.3) is 5.91 Å². The van der Waals surface area contributed by atoms with Crippen LogP contribution in [-0.4, -0.2) is 50.8 Å². The molecule has 2 amide bonds. The molecule has 7 heteroatoms. The molecule has 1 N–H and O–H groups in total. The Morgan fingerprint density at radius 1 is 1.25 bits per heavy atom. The molecule has 2 heterocycles. The summed E-state index contributed by atoms with van der Waals surface area (Å²) in [7, 11) is 0. The Morgan fingerprint density at radius 2 is 1.96 bits per heavy atom. The van der Waals surface area contributed by atoms with Crippen molar-refractivity contribution in [2.24, 2.45) is 5.92 Å². The largest absolute Gasteiger partial charge is 0.506 e. The van der Waals surface area contributed by atoms with Gasteiger partial charge in [0.15, 0.2) is 0 Å². The van der Waals surface area contributed by atoms with Gasteiger partial charge in [0.1, 0.15) is 17.3 Å². The predicted molar refractivity (Wildman–Crippen MR) is 102 cm³/mol. The molecule has 1 aliphatic rings. The molecule has 148 valence electrons. The van der Waals surface area contributed by atoms with E-state index in [4.69, 9.17) is 0 Å². The number of amides is 2. The smallest absolute Gasteiger partial charge is 0.272 e. The quantitative estimate of drug-likeness (QED) is 0.878. The van der Waals surface area contributed by atoms with Crippen LogP contribution in [0.1, 0.15) is 36.3 Å². The number of benzene rings is 1. The summed E-state index contributed by atoms with van der Waals surface area (Å²) in [5.41, 5.74) is 1.08. The minimum Gasteiger partial charge on any atom is -0.506 e. The molecule has 0 aliphatic carbocycles. The van der Waals surface area contributed by atoms with Crippen molar-refractivity contribution >= 4 is 11.8 Å². The van der Waals surface area contributed by atoms with Gasteiger partial charge in [0, 0.05) is 26.1 Å². The average molecular weight is 385 g/mol. The van der Waals surface area contributed by atoms with Crippen LogP contribution in [0, 0.1) is 11.7 Å². The Balaban J connectivity index is 1.82. The molecule has 3 rings (SSSR count). The summed E-state index contributed by atoms with van der Waals surface area (Å²) >= 11 is 0. The summed E-state index contributed by atoms with van der Waals surface area (Å²) in [6, 6.07) is 8.85. The van der Waals surface area contributed by atoms with Crippen LogP contribution in [0.25, 0.3) is 0 Å². The van der Waals surface area contributed by atoms with Crippen molar-refractivity contribution in [3.63, 3.8) is 0 Å². The van der Waals surface area contributed by atoms with Crippen molar-refractivity contribution in [2.75, 3.05) is 13.1 Å². The Labute approximate surface area is 163 Å². The maximum absolute atomic E-state index is 13.2. The van der Waals surface area contributed by atoms with E-state index in [0.29, 0.717) is 19.6 Å². The lowest BCUT2D eigenvalue weighted by Crippen LogP contribution is -2.47. The van der Waals surface area contributed by atoms with Crippen LogP contribution in [-0.2, 0) is 11.3 Å². The molecule has 0 radical (unpaired) electrons. The average Bonchev–Trinajstić information content (AvgIpc) is 2.83. The maximum Gasteiger partial charge on any atom is 0.272 e. The lowest BCUT2D eigenvalue weighted by molar-refractivity contribution is -0.134. The third-order valence-electron chi connectivity index (χ3n) is 5.01. The molecule has 6 nitrogen and oxygen atoms in total. The van der Waals surface area contributed by atoms with Crippen LogP contribution in [0.4, 0.5) is 4.39 Å². The molecule has 0 unspecified atom stereocenters. The predicted octanol–water partition coefficient (Wildman–Crippen LogP) is 2.83. The summed E-state index contributed by atoms with van der Waals surface area (Å²) in [6.07, 6.45) is 1.45. The normalized spacial score (nSPS) is 17.7. The van der Waals surface area contributed by atoms with E-state index in [1.165, 1.54) is 30.5 Å². The summed E-state index contributed by atoms with van der Waals surface area (Å²) < 4.78 is 13.2. The van der Waals surface area contributed by atoms with E-state index in [2.05, 4.69) is 4.98 Å². The van der Waals surface area contributed by atoms with E-state index in [1.54, 1.807) is 21.9 Å². The van der Waals surface area contributed by atoms with Gasteiger partial charge in [-0.1, -0.05) is 26.0 Å². The molecule has 2 aromatic rings. The highest BCUT2D eigenvalue weighted by Crippen LogP contribution is 2.22. The highest BCUT2D eigenvalue weighted by atomic mass is 19.1. The number of aromatic nitrogens is 1. The molecular weight excluding hydrogens is 361 g/mol. The molecule has 1 aromatic carbocycles. The van der Waals surface area contributed by atoms with E-state index in [0.717, 1.165) is 5.56 Å². The van der Waals surface area contributed by atoms with Gasteiger partial charge in [-0.15, -0.1) is 0 Å². The van der Waals surface area contributed by atoms with Crippen molar-refractivity contribution in [1.29, 1.82) is 0 Å². The first kappa shape index (κ1) is 19.8. The third kappa shape index (κ3) is 4.47. The van der Waals surface area contributed by atoms with Crippen LogP contribution in [0.15, 0.2) is 42.6 Å². The standard InChI is InChI=1S/C21H24FN3O3/c1-14(2)19-13-24(21(28)18-8-7-17(26)11-23-18)10-9-20(27)25(19)12-15-3-5-16(22)6-4-15/h3-8,11,14,19,26H,9-10,12-13H2,1-2H3/t19-/m0/s1. The summed E-state index contributed by atoms with van der Waals surface area (Å²) in [6.45, 7) is 5.11. The Kier molecular flexibility index (Phi) is 5.92. The molecule has 1 aromatic heterocycles. The fraction of sp³-hybridized carbons (Fsp3) is 0.381. The Morgan fingerprint density at radius 3 is 2.57 bits per heavy atom. The zero-order valence-electron chi connectivity index (χ0n) is 16.0. The van der Waals surface area contributed by atoms with E-state index < -0.39 is 0 Å². The fourth-order valence-corrected chi connectivity index (χ4v) is 3.40. The first-order valence-corrected chi connectivity index (χ1v) is 9.33. The van der Waals surface area contributed by atoms with Gasteiger partial charge in [0.2, 0.25) is 5.91 Å². The second kappa shape index (κ2) is 8.37. The number of hydrogen-bond donors (Lipinski definition) is 1. The number of pyridine rings is 1. The highest BCUT2D eigenvalue weighted by molar-refractivity contribution is 5.93. The van der Waals surface area contributed by atoms with E-state index in [9.17, 15) is 19.1 Å². The van der Waals surface area contributed by atoms with Crippen LogP contribution in [0.5, 0.6) is 5.75 Å². The van der Waals surface area contributed by atoms with Crippen molar-refractivity contribution in [3.8, 4) is 5.75 Å². The van der Waals surface area contributed by atoms with Crippen molar-refractivity contribution < 1.29 is 19.1 Å². The van der Waals surface area contributed by atoms with Gasteiger partial charge in [-0.2, -0.15) is 0 Å². The molecule has 1 fully saturated rings. The maximum atomic E-state index is 13.2. The second-order valence-electron chi connectivity index (χ2n) is 7.36. The fourth-order valence-electron chi connectivity index (χ4n) is 3.40. The summed E-state index contributed by atoms with van der Waals surface area (Å²) in [5.74, 6) is -0.484. The number of rotatable bonds is 4. The van der Waals surface area contributed by atoms with E-state index in [-0.39, 0.29) is 47.5 Å². The topological polar surface area (TPSA) is 73.7 Å². The number of carbonyl (C=O) groups is 2.